The Morgan fingerprint density at radius 2 is 2.10 bits per heavy atom. The van der Waals surface area contributed by atoms with E-state index in [0.717, 1.165) is 5.06 Å². The van der Waals surface area contributed by atoms with Crippen molar-refractivity contribution in [1.29, 1.82) is 5.41 Å². The molecule has 2 aliphatic rings. The van der Waals surface area contributed by atoms with Gasteiger partial charge in [0, 0.05) is 6.08 Å². The normalized spacial score (nSPS) is 19.3. The standard InChI is InChI=1S/C14H11N3O4/c1-7-4-12-16-14(20)9(13(15)17(12)21-7)5-8-2-3-10(18)11(19)6-8/h2-6,15,18-19H,1H3/b9-5-,15-13?. The Morgan fingerprint density at radius 1 is 1.33 bits per heavy atom. The number of phenolic OH excluding ortho intramolecular Hbond substituents is 2. The van der Waals surface area contributed by atoms with Crippen LogP contribution >= 0.6 is 0 Å². The third-order valence-corrected chi connectivity index (χ3v) is 2.99. The van der Waals surface area contributed by atoms with Gasteiger partial charge in [-0.05, 0) is 30.7 Å². The van der Waals surface area contributed by atoms with Crippen molar-refractivity contribution in [3.8, 4) is 11.5 Å². The first-order valence-electron chi connectivity index (χ1n) is 6.08. The van der Waals surface area contributed by atoms with Crippen LogP contribution in [0.2, 0.25) is 0 Å². The van der Waals surface area contributed by atoms with E-state index in [1.807, 2.05) is 0 Å². The molecule has 1 amide bonds. The molecule has 0 aliphatic carbocycles. The summed E-state index contributed by atoms with van der Waals surface area (Å²) in [5.74, 6) is -0.453. The fourth-order valence-corrected chi connectivity index (χ4v) is 2.00. The quantitative estimate of drug-likeness (QED) is 0.536. The molecule has 0 saturated carbocycles. The first kappa shape index (κ1) is 12.9. The van der Waals surface area contributed by atoms with Gasteiger partial charge in [-0.2, -0.15) is 4.99 Å². The predicted octanol–water partition coefficient (Wildman–Crippen LogP) is 1.55. The Balaban J connectivity index is 2.00. The van der Waals surface area contributed by atoms with Crippen LogP contribution in [-0.2, 0) is 9.63 Å². The van der Waals surface area contributed by atoms with E-state index in [0.29, 0.717) is 11.3 Å². The van der Waals surface area contributed by atoms with Crippen LogP contribution < -0.4 is 0 Å². The van der Waals surface area contributed by atoms with Gasteiger partial charge in [-0.15, -0.1) is 5.06 Å². The van der Waals surface area contributed by atoms with Crippen molar-refractivity contribution >= 4 is 23.7 Å². The van der Waals surface area contributed by atoms with Crippen molar-refractivity contribution in [3.63, 3.8) is 0 Å². The van der Waals surface area contributed by atoms with Gasteiger partial charge in [0.05, 0.1) is 5.57 Å². The second-order valence-electron chi connectivity index (χ2n) is 4.57. The minimum Gasteiger partial charge on any atom is -0.504 e. The molecular weight excluding hydrogens is 274 g/mol. The van der Waals surface area contributed by atoms with Crippen LogP contribution in [0.1, 0.15) is 12.5 Å². The molecule has 0 atom stereocenters. The maximum absolute atomic E-state index is 12.0. The predicted molar refractivity (Wildman–Crippen MR) is 74.6 cm³/mol. The Labute approximate surface area is 119 Å². The molecule has 0 bridgehead atoms. The number of hydrogen-bond acceptors (Lipinski definition) is 5. The van der Waals surface area contributed by atoms with Gasteiger partial charge < -0.3 is 15.1 Å². The van der Waals surface area contributed by atoms with Crippen molar-refractivity contribution in [2.75, 3.05) is 0 Å². The number of aliphatic imine (C=N–C) groups is 1. The minimum atomic E-state index is -0.562. The van der Waals surface area contributed by atoms with E-state index in [1.165, 1.54) is 24.3 Å². The smallest absolute Gasteiger partial charge is 0.282 e. The van der Waals surface area contributed by atoms with Gasteiger partial charge in [-0.1, -0.05) is 6.07 Å². The number of hydroxylamine groups is 2. The molecule has 0 saturated heterocycles. The number of hydrogen-bond donors (Lipinski definition) is 3. The summed E-state index contributed by atoms with van der Waals surface area (Å²) in [4.78, 5) is 21.1. The van der Waals surface area contributed by atoms with Gasteiger partial charge in [0.2, 0.25) is 0 Å². The number of carbonyl (C=O) groups excluding carboxylic acids is 1. The summed E-state index contributed by atoms with van der Waals surface area (Å²) in [6, 6.07) is 4.10. The second kappa shape index (κ2) is 4.48. The molecule has 1 aromatic carbocycles. The van der Waals surface area contributed by atoms with Gasteiger partial charge in [-0.3, -0.25) is 10.2 Å². The zero-order valence-electron chi connectivity index (χ0n) is 11.0. The number of amides is 1. The Hall–Kier alpha value is -3.09. The first-order valence-corrected chi connectivity index (χ1v) is 6.08. The van der Waals surface area contributed by atoms with Crippen LogP contribution in [0.25, 0.3) is 6.08 Å². The maximum Gasteiger partial charge on any atom is 0.282 e. The SMILES string of the molecule is CC1=CC2=NC(=O)/C(=C\c3ccc(O)c(O)c3)C(=N)N2O1. The van der Waals surface area contributed by atoms with Gasteiger partial charge in [-0.25, -0.2) is 0 Å². The molecule has 0 spiro atoms. The van der Waals surface area contributed by atoms with Crippen molar-refractivity contribution in [1.82, 2.24) is 5.06 Å². The van der Waals surface area contributed by atoms with Crippen LogP contribution in [0.5, 0.6) is 11.5 Å². The van der Waals surface area contributed by atoms with Crippen molar-refractivity contribution in [2.45, 2.75) is 6.92 Å². The number of phenols is 2. The number of rotatable bonds is 1. The van der Waals surface area contributed by atoms with Crippen molar-refractivity contribution in [2.24, 2.45) is 4.99 Å². The van der Waals surface area contributed by atoms with E-state index >= 15 is 0 Å². The van der Waals surface area contributed by atoms with Gasteiger partial charge in [0.15, 0.2) is 23.2 Å². The van der Waals surface area contributed by atoms with Crippen LogP contribution in [0, 0.1) is 5.41 Å². The topological polar surface area (TPSA) is 106 Å². The zero-order valence-corrected chi connectivity index (χ0v) is 11.0. The third-order valence-electron chi connectivity index (χ3n) is 2.99. The van der Waals surface area contributed by atoms with Crippen LogP contribution in [0.15, 0.2) is 40.6 Å². The van der Waals surface area contributed by atoms with Crippen LogP contribution in [0.3, 0.4) is 0 Å². The van der Waals surface area contributed by atoms with Crippen LogP contribution in [-0.4, -0.2) is 32.9 Å². The summed E-state index contributed by atoms with van der Waals surface area (Å²) in [5, 5.41) is 27.9. The number of carbonyl (C=O) groups is 1. The summed E-state index contributed by atoms with van der Waals surface area (Å²) in [6.07, 6.45) is 2.97. The average Bonchev–Trinajstić information content (AvgIpc) is 2.79. The molecule has 106 valence electrons. The van der Waals surface area contributed by atoms with E-state index in [2.05, 4.69) is 4.99 Å². The van der Waals surface area contributed by atoms with E-state index in [4.69, 9.17) is 10.2 Å². The highest BCUT2D eigenvalue weighted by atomic mass is 16.7. The second-order valence-corrected chi connectivity index (χ2v) is 4.57. The van der Waals surface area contributed by atoms with E-state index < -0.39 is 5.91 Å². The Kier molecular flexibility index (Phi) is 2.76. The summed E-state index contributed by atoms with van der Waals surface area (Å²) < 4.78 is 0. The highest BCUT2D eigenvalue weighted by Gasteiger charge is 2.34. The molecule has 0 fully saturated rings. The fraction of sp³-hybridized carbons (Fsp3) is 0.0714. The van der Waals surface area contributed by atoms with Crippen molar-refractivity contribution in [3.05, 3.63) is 41.2 Å². The molecule has 1 aromatic rings. The molecule has 7 heteroatoms. The number of amidine groups is 2. The number of nitrogens with one attached hydrogen (secondary N) is 1. The molecular formula is C14H11N3O4. The summed E-state index contributed by atoms with van der Waals surface area (Å²) in [6.45, 7) is 1.69. The fourth-order valence-electron chi connectivity index (χ4n) is 2.00. The highest BCUT2D eigenvalue weighted by Crippen LogP contribution is 2.28. The Bertz CT molecular complexity index is 761. The van der Waals surface area contributed by atoms with Gasteiger partial charge in [0.1, 0.15) is 5.76 Å². The lowest BCUT2D eigenvalue weighted by Gasteiger charge is -2.22. The average molecular weight is 285 g/mol. The minimum absolute atomic E-state index is 0.0342. The molecule has 0 aromatic heterocycles. The molecule has 3 N–H and O–H groups in total. The Morgan fingerprint density at radius 3 is 2.81 bits per heavy atom. The third kappa shape index (κ3) is 2.14. The monoisotopic (exact) mass is 285 g/mol. The summed E-state index contributed by atoms with van der Waals surface area (Å²) >= 11 is 0. The van der Waals surface area contributed by atoms with E-state index in [-0.39, 0.29) is 28.7 Å². The largest absolute Gasteiger partial charge is 0.504 e. The number of nitrogens with zero attached hydrogens (tertiary/aromatic N) is 2. The summed E-state index contributed by atoms with van der Waals surface area (Å²) in [5.41, 5.74) is 0.493. The number of fused-ring (bicyclic) bond motifs is 1. The van der Waals surface area contributed by atoms with Crippen molar-refractivity contribution < 1.29 is 19.8 Å². The summed E-state index contributed by atoms with van der Waals surface area (Å²) in [7, 11) is 0. The molecule has 7 nitrogen and oxygen atoms in total. The zero-order chi connectivity index (χ0) is 15.1. The number of allylic oxidation sites excluding steroid dienone is 1. The lowest BCUT2D eigenvalue weighted by molar-refractivity contribution is -0.114. The lowest BCUT2D eigenvalue weighted by Crippen LogP contribution is -2.38. The number of benzene rings is 1. The van der Waals surface area contributed by atoms with E-state index in [1.54, 1.807) is 13.0 Å². The van der Waals surface area contributed by atoms with Crippen LogP contribution in [0.4, 0.5) is 0 Å². The van der Waals surface area contributed by atoms with Gasteiger partial charge >= 0.3 is 0 Å². The molecule has 2 aliphatic heterocycles. The van der Waals surface area contributed by atoms with E-state index in [9.17, 15) is 15.0 Å². The molecule has 0 unspecified atom stereocenters. The number of aromatic hydroxyl groups is 2. The van der Waals surface area contributed by atoms with Gasteiger partial charge in [0.25, 0.3) is 5.91 Å². The molecule has 21 heavy (non-hydrogen) atoms. The molecule has 0 radical (unpaired) electrons. The maximum atomic E-state index is 12.0. The lowest BCUT2D eigenvalue weighted by atomic mass is 10.1. The first-order chi connectivity index (χ1) is 9.95. The highest BCUT2D eigenvalue weighted by molar-refractivity contribution is 6.32. The molecule has 3 rings (SSSR count). The molecule has 2 heterocycles.